The van der Waals surface area contributed by atoms with Gasteiger partial charge in [0.1, 0.15) is 11.3 Å². The number of benzene rings is 1. The summed E-state index contributed by atoms with van der Waals surface area (Å²) in [6.07, 6.45) is 4.31. The first-order chi connectivity index (χ1) is 12.6. The molecule has 2 aromatic rings. The van der Waals surface area contributed by atoms with Gasteiger partial charge in [-0.05, 0) is 32.3 Å². The second-order valence-electron chi connectivity index (χ2n) is 5.98. The molecule has 7 heteroatoms. The molecular weight excluding hydrogens is 332 g/mol. The Hall–Kier alpha value is -3.09. The molecule has 0 radical (unpaired) electrons. The molecule has 1 aliphatic rings. The van der Waals surface area contributed by atoms with Crippen molar-refractivity contribution >= 4 is 17.9 Å². The minimum absolute atomic E-state index is 0.0588. The summed E-state index contributed by atoms with van der Waals surface area (Å²) in [5.74, 6) is -0.203. The molecule has 134 valence electrons. The first-order valence-corrected chi connectivity index (χ1v) is 8.55. The van der Waals surface area contributed by atoms with Crippen LogP contribution in [0, 0.1) is 0 Å². The van der Waals surface area contributed by atoms with E-state index in [1.807, 2.05) is 37.3 Å². The van der Waals surface area contributed by atoms with Gasteiger partial charge in [0.05, 0.1) is 12.8 Å². The van der Waals surface area contributed by atoms with Crippen LogP contribution in [0.25, 0.3) is 0 Å². The first kappa shape index (κ1) is 17.7. The molecule has 0 amide bonds. The van der Waals surface area contributed by atoms with Gasteiger partial charge < -0.3 is 4.74 Å². The average molecular weight is 352 g/mol. The van der Waals surface area contributed by atoms with Gasteiger partial charge in [0.15, 0.2) is 5.82 Å². The summed E-state index contributed by atoms with van der Waals surface area (Å²) in [4.78, 5) is 28.9. The number of esters is 1. The molecule has 7 nitrogen and oxygen atoms in total. The van der Waals surface area contributed by atoms with E-state index < -0.39 is 11.5 Å². The summed E-state index contributed by atoms with van der Waals surface area (Å²) < 4.78 is 6.44. The molecule has 1 aliphatic heterocycles. The Morgan fingerprint density at radius 1 is 1.38 bits per heavy atom. The highest BCUT2D eigenvalue weighted by Crippen LogP contribution is 2.22. The Bertz CT molecular complexity index is 916. The molecular formula is C19H20N4O3. The molecule has 0 fully saturated rings. The standard InChI is InChI=1S/C19H20N4O3/c1-3-26-19(25)15-12-20-17-16(10-9-13(2)23(17)18(15)24)22-21-11-14-7-5-4-6-8-14/h4-8,11-13H,3,9-10H2,1-2H3/b21-11+,22-16+. The van der Waals surface area contributed by atoms with Crippen molar-refractivity contribution in [3.63, 3.8) is 0 Å². The van der Waals surface area contributed by atoms with Gasteiger partial charge in [-0.3, -0.25) is 9.36 Å². The number of carbonyl (C=O) groups is 1. The number of hydrogen-bond acceptors (Lipinski definition) is 6. The minimum atomic E-state index is -0.654. The fraction of sp³-hybridized carbons (Fsp3) is 0.316. The van der Waals surface area contributed by atoms with Crippen LogP contribution in [0.5, 0.6) is 0 Å². The van der Waals surface area contributed by atoms with Gasteiger partial charge >= 0.3 is 5.97 Å². The monoisotopic (exact) mass is 352 g/mol. The van der Waals surface area contributed by atoms with Crippen LogP contribution >= 0.6 is 0 Å². The highest BCUT2D eigenvalue weighted by atomic mass is 16.5. The summed E-state index contributed by atoms with van der Waals surface area (Å²) in [7, 11) is 0. The predicted molar refractivity (Wildman–Crippen MR) is 99.0 cm³/mol. The number of aromatic nitrogens is 2. The second kappa shape index (κ2) is 7.86. The molecule has 0 aliphatic carbocycles. The lowest BCUT2D eigenvalue weighted by molar-refractivity contribution is 0.0522. The smallest absolute Gasteiger partial charge is 0.345 e. The van der Waals surface area contributed by atoms with Crippen LogP contribution in [0.3, 0.4) is 0 Å². The molecule has 2 heterocycles. The third kappa shape index (κ3) is 3.61. The molecule has 0 saturated heterocycles. The van der Waals surface area contributed by atoms with E-state index in [4.69, 9.17) is 4.74 Å². The number of fused-ring (bicyclic) bond motifs is 1. The van der Waals surface area contributed by atoms with Crippen molar-refractivity contribution < 1.29 is 9.53 Å². The highest BCUT2D eigenvalue weighted by molar-refractivity contribution is 5.99. The van der Waals surface area contributed by atoms with Crippen molar-refractivity contribution in [2.24, 2.45) is 10.2 Å². The lowest BCUT2D eigenvalue weighted by atomic mass is 10.0. The van der Waals surface area contributed by atoms with Gasteiger partial charge in [0.2, 0.25) is 0 Å². The Morgan fingerprint density at radius 2 is 2.15 bits per heavy atom. The maximum absolute atomic E-state index is 12.7. The van der Waals surface area contributed by atoms with Crippen molar-refractivity contribution in [3.8, 4) is 0 Å². The van der Waals surface area contributed by atoms with Gasteiger partial charge in [-0.1, -0.05) is 30.3 Å². The number of hydrogen-bond donors (Lipinski definition) is 0. The maximum atomic E-state index is 12.7. The van der Waals surface area contributed by atoms with Crippen LogP contribution in [0.15, 0.2) is 51.5 Å². The van der Waals surface area contributed by atoms with Crippen molar-refractivity contribution in [3.05, 3.63) is 63.8 Å². The van der Waals surface area contributed by atoms with Crippen LogP contribution in [0.1, 0.15) is 54.5 Å². The quantitative estimate of drug-likeness (QED) is 0.481. The second-order valence-corrected chi connectivity index (χ2v) is 5.98. The largest absolute Gasteiger partial charge is 0.462 e. The van der Waals surface area contributed by atoms with Crippen molar-refractivity contribution in [1.82, 2.24) is 9.55 Å². The van der Waals surface area contributed by atoms with Gasteiger partial charge in [-0.15, -0.1) is 0 Å². The molecule has 0 N–H and O–H groups in total. The first-order valence-electron chi connectivity index (χ1n) is 8.55. The summed E-state index contributed by atoms with van der Waals surface area (Å²) >= 11 is 0. The number of ether oxygens (including phenoxy) is 1. The van der Waals surface area contributed by atoms with Crippen molar-refractivity contribution in [2.45, 2.75) is 32.7 Å². The Labute approximate surface area is 151 Å². The van der Waals surface area contributed by atoms with Gasteiger partial charge in [0.25, 0.3) is 5.56 Å². The highest BCUT2D eigenvalue weighted by Gasteiger charge is 2.26. The topological polar surface area (TPSA) is 85.9 Å². The van der Waals surface area contributed by atoms with Crippen LogP contribution in [-0.2, 0) is 4.74 Å². The van der Waals surface area contributed by atoms with Crippen LogP contribution in [0.2, 0.25) is 0 Å². The number of nitrogens with zero attached hydrogens (tertiary/aromatic N) is 4. The third-order valence-electron chi connectivity index (χ3n) is 4.17. The van der Waals surface area contributed by atoms with E-state index >= 15 is 0 Å². The van der Waals surface area contributed by atoms with Crippen molar-refractivity contribution in [1.29, 1.82) is 0 Å². The summed E-state index contributed by atoms with van der Waals surface area (Å²) in [5.41, 5.74) is 1.10. The molecule has 1 aromatic heterocycles. The average Bonchev–Trinajstić information content (AvgIpc) is 2.64. The van der Waals surface area contributed by atoms with Crippen LogP contribution in [-0.4, -0.2) is 34.1 Å². The Balaban J connectivity index is 1.96. The fourth-order valence-corrected chi connectivity index (χ4v) is 2.83. The van der Waals surface area contributed by atoms with Crippen LogP contribution in [0.4, 0.5) is 0 Å². The van der Waals surface area contributed by atoms with Gasteiger partial charge in [-0.2, -0.15) is 10.2 Å². The van der Waals surface area contributed by atoms with E-state index in [0.717, 1.165) is 12.0 Å². The van der Waals surface area contributed by atoms with Crippen molar-refractivity contribution in [2.75, 3.05) is 6.61 Å². The third-order valence-corrected chi connectivity index (χ3v) is 4.17. The Morgan fingerprint density at radius 3 is 2.88 bits per heavy atom. The molecule has 1 aromatic carbocycles. The maximum Gasteiger partial charge on any atom is 0.345 e. The molecule has 3 rings (SSSR count). The summed E-state index contributed by atoms with van der Waals surface area (Å²) in [5, 5.41) is 8.38. The van der Waals surface area contributed by atoms with E-state index in [1.165, 1.54) is 10.8 Å². The molecule has 0 bridgehead atoms. The SMILES string of the molecule is CCOC(=O)c1cnc2n(c1=O)C(C)CC/C2=N\N=C\c1ccccc1. The van der Waals surface area contributed by atoms with E-state index in [-0.39, 0.29) is 18.2 Å². The lowest BCUT2D eigenvalue weighted by Gasteiger charge is -2.24. The summed E-state index contributed by atoms with van der Waals surface area (Å²) in [6, 6.07) is 9.55. The van der Waals surface area contributed by atoms with Crippen LogP contribution < -0.4 is 5.56 Å². The normalized spacial score (nSPS) is 18.1. The zero-order valence-corrected chi connectivity index (χ0v) is 14.8. The van der Waals surface area contributed by atoms with E-state index in [1.54, 1.807) is 13.1 Å². The van der Waals surface area contributed by atoms with Gasteiger partial charge in [0, 0.05) is 12.2 Å². The van der Waals surface area contributed by atoms with E-state index in [0.29, 0.717) is 18.0 Å². The fourth-order valence-electron chi connectivity index (χ4n) is 2.83. The Kier molecular flexibility index (Phi) is 5.36. The predicted octanol–water partition coefficient (Wildman–Crippen LogP) is 2.60. The van der Waals surface area contributed by atoms with E-state index in [9.17, 15) is 9.59 Å². The minimum Gasteiger partial charge on any atom is -0.462 e. The molecule has 1 unspecified atom stereocenters. The molecule has 26 heavy (non-hydrogen) atoms. The zero-order chi connectivity index (χ0) is 18.5. The van der Waals surface area contributed by atoms with Gasteiger partial charge in [-0.25, -0.2) is 9.78 Å². The summed E-state index contributed by atoms with van der Waals surface area (Å²) in [6.45, 7) is 3.82. The number of carbonyl (C=O) groups excluding carboxylic acids is 1. The zero-order valence-electron chi connectivity index (χ0n) is 14.8. The molecule has 0 spiro atoms. The van der Waals surface area contributed by atoms with E-state index in [2.05, 4.69) is 15.2 Å². The molecule has 0 saturated carbocycles. The molecule has 1 atom stereocenters. The number of rotatable bonds is 4. The lowest BCUT2D eigenvalue weighted by Crippen LogP contribution is -2.37.